The van der Waals surface area contributed by atoms with E-state index in [2.05, 4.69) is 44.4 Å². The Labute approximate surface area is 201 Å². The van der Waals surface area contributed by atoms with Crippen LogP contribution >= 0.6 is 11.6 Å². The molecule has 2 aromatic rings. The van der Waals surface area contributed by atoms with Gasteiger partial charge in [-0.3, -0.25) is 4.79 Å². The second-order valence-corrected chi connectivity index (χ2v) is 9.75. The van der Waals surface area contributed by atoms with E-state index in [1.807, 2.05) is 12.1 Å². The quantitative estimate of drug-likeness (QED) is 0.638. The van der Waals surface area contributed by atoms with Crippen molar-refractivity contribution >= 4 is 34.9 Å². The molecule has 1 amide bonds. The van der Waals surface area contributed by atoms with Crippen molar-refractivity contribution in [2.24, 2.45) is 0 Å². The summed E-state index contributed by atoms with van der Waals surface area (Å²) in [6.45, 7) is 4.75. The summed E-state index contributed by atoms with van der Waals surface area (Å²) in [5.74, 6) is 1.99. The molecule has 0 radical (unpaired) electrons. The first-order valence-electron chi connectivity index (χ1n) is 12.4. The van der Waals surface area contributed by atoms with Crippen LogP contribution in [0.5, 0.6) is 0 Å². The van der Waals surface area contributed by atoms with Crippen LogP contribution in [0, 0.1) is 0 Å². The van der Waals surface area contributed by atoms with Gasteiger partial charge in [-0.05, 0) is 67.5 Å². The number of hydrogen-bond acceptors (Lipinski definition) is 4. The molecule has 2 fully saturated rings. The second-order valence-electron chi connectivity index (χ2n) is 9.32. The number of amides is 1. The van der Waals surface area contributed by atoms with Crippen molar-refractivity contribution in [1.29, 1.82) is 0 Å². The Hall–Kier alpha value is -2.44. The minimum atomic E-state index is 0.0230. The lowest BCUT2D eigenvalue weighted by atomic mass is 10.00. The van der Waals surface area contributed by atoms with Gasteiger partial charge in [0.15, 0.2) is 0 Å². The summed E-state index contributed by atoms with van der Waals surface area (Å²) in [6, 6.07) is 12.4. The summed E-state index contributed by atoms with van der Waals surface area (Å²) < 4.78 is 2.11. The number of halogens is 1. The Morgan fingerprint density at radius 3 is 2.52 bits per heavy atom. The lowest BCUT2D eigenvalue weighted by Crippen LogP contribution is -2.49. The van der Waals surface area contributed by atoms with Crippen molar-refractivity contribution in [3.8, 4) is 0 Å². The molecular formula is C26H33ClN5O+. The molecule has 2 N–H and O–H groups in total. The first-order chi connectivity index (χ1) is 16.2. The lowest BCUT2D eigenvalue weighted by Gasteiger charge is -2.27. The van der Waals surface area contributed by atoms with E-state index in [0.717, 1.165) is 79.9 Å². The zero-order chi connectivity index (χ0) is 22.6. The Morgan fingerprint density at radius 2 is 1.79 bits per heavy atom. The number of anilines is 1. The van der Waals surface area contributed by atoms with E-state index in [1.165, 1.54) is 31.2 Å². The molecule has 174 valence electrons. The maximum atomic E-state index is 13.3. The molecule has 2 saturated heterocycles. The third-order valence-electron chi connectivity index (χ3n) is 7.00. The van der Waals surface area contributed by atoms with Crippen molar-refractivity contribution in [2.75, 3.05) is 37.6 Å². The number of rotatable bonds is 6. The molecule has 4 heterocycles. The normalized spacial score (nSPS) is 19.0. The zero-order valence-electron chi connectivity index (χ0n) is 19.2. The summed E-state index contributed by atoms with van der Waals surface area (Å²) in [4.78, 5) is 20.7. The number of benzene rings is 1. The Bertz CT molecular complexity index is 1020. The van der Waals surface area contributed by atoms with Crippen LogP contribution in [0.25, 0.3) is 0 Å². The van der Waals surface area contributed by atoms with E-state index >= 15 is 0 Å². The second kappa shape index (κ2) is 10.2. The molecule has 1 aromatic heterocycles. The van der Waals surface area contributed by atoms with Gasteiger partial charge in [0.25, 0.3) is 5.91 Å². The van der Waals surface area contributed by atoms with Gasteiger partial charge in [-0.1, -0.05) is 36.6 Å². The molecule has 6 nitrogen and oxygen atoms in total. The van der Waals surface area contributed by atoms with E-state index in [1.54, 1.807) is 0 Å². The van der Waals surface area contributed by atoms with Crippen LogP contribution in [-0.4, -0.2) is 59.9 Å². The number of carbonyl (C=O) groups is 1. The minimum absolute atomic E-state index is 0.0230. The van der Waals surface area contributed by atoms with E-state index < -0.39 is 0 Å². The third kappa shape index (κ3) is 5.07. The van der Waals surface area contributed by atoms with Crippen LogP contribution in [0.1, 0.15) is 49.7 Å². The van der Waals surface area contributed by atoms with Gasteiger partial charge in [-0.2, -0.15) is 0 Å². The van der Waals surface area contributed by atoms with Gasteiger partial charge >= 0.3 is 5.82 Å². The maximum Gasteiger partial charge on any atom is 0.338 e. The SMILES string of the molecule is O=C(NC1CCNCC1)C1=[N+](CCc2ccc(Cl)cc2)c2nc(N3CCCCCC3)ccc21. The summed E-state index contributed by atoms with van der Waals surface area (Å²) in [7, 11) is 0. The number of piperidine rings is 1. The first-order valence-corrected chi connectivity index (χ1v) is 12.7. The third-order valence-corrected chi connectivity index (χ3v) is 7.25. The van der Waals surface area contributed by atoms with Crippen molar-refractivity contribution < 1.29 is 9.37 Å². The molecule has 0 spiro atoms. The molecular weight excluding hydrogens is 434 g/mol. The number of pyridine rings is 1. The molecule has 1 aromatic carbocycles. The lowest BCUT2D eigenvalue weighted by molar-refractivity contribution is -0.455. The molecule has 0 bridgehead atoms. The fourth-order valence-electron chi connectivity index (χ4n) is 5.08. The van der Waals surface area contributed by atoms with Crippen molar-refractivity contribution in [3.05, 3.63) is 52.5 Å². The number of carbonyl (C=O) groups excluding carboxylic acids is 1. The fraction of sp³-hybridized carbons (Fsp3) is 0.500. The highest BCUT2D eigenvalue weighted by Crippen LogP contribution is 2.31. The standard InChI is InChI=1S/C26H32ClN5O/c27-20-7-5-19(6-8-20)13-18-32-24(26(33)29-21-11-14-28-15-12-21)22-9-10-23(30-25(22)32)31-16-3-1-2-4-17-31/h5-10,21,28H,1-4,11-18H2/p+1. The van der Waals surface area contributed by atoms with Gasteiger partial charge in [0.2, 0.25) is 11.5 Å². The van der Waals surface area contributed by atoms with E-state index in [-0.39, 0.29) is 11.9 Å². The number of nitrogens with zero attached hydrogens (tertiary/aromatic N) is 3. The summed E-state index contributed by atoms with van der Waals surface area (Å²) >= 11 is 6.05. The monoisotopic (exact) mass is 466 g/mol. The Balaban J connectivity index is 1.38. The predicted octanol–water partition coefficient (Wildman–Crippen LogP) is 3.67. The highest BCUT2D eigenvalue weighted by Gasteiger charge is 2.41. The van der Waals surface area contributed by atoms with Crippen LogP contribution in [0.15, 0.2) is 36.4 Å². The van der Waals surface area contributed by atoms with Gasteiger partial charge in [0, 0.05) is 36.6 Å². The van der Waals surface area contributed by atoms with E-state index in [4.69, 9.17) is 16.6 Å². The Morgan fingerprint density at radius 1 is 1.06 bits per heavy atom. The average molecular weight is 467 g/mol. The minimum Gasteiger partial charge on any atom is -0.346 e. The predicted molar refractivity (Wildman–Crippen MR) is 133 cm³/mol. The van der Waals surface area contributed by atoms with Crippen LogP contribution in [0.3, 0.4) is 0 Å². The molecule has 0 aliphatic carbocycles. The van der Waals surface area contributed by atoms with Crippen molar-refractivity contribution in [3.63, 3.8) is 0 Å². The van der Waals surface area contributed by atoms with Crippen LogP contribution < -0.4 is 15.5 Å². The number of hydrogen-bond donors (Lipinski definition) is 2. The summed E-state index contributed by atoms with van der Waals surface area (Å²) in [5.41, 5.74) is 2.93. The highest BCUT2D eigenvalue weighted by molar-refractivity contribution is 6.46. The van der Waals surface area contributed by atoms with Gasteiger partial charge in [0.1, 0.15) is 5.56 Å². The number of nitrogens with one attached hydrogen (secondary N) is 2. The smallest absolute Gasteiger partial charge is 0.338 e. The van der Waals surface area contributed by atoms with Crippen molar-refractivity contribution in [1.82, 2.24) is 15.6 Å². The van der Waals surface area contributed by atoms with Gasteiger partial charge in [0.05, 0.1) is 6.54 Å². The molecule has 3 aliphatic heterocycles. The maximum absolute atomic E-state index is 13.3. The first kappa shape index (κ1) is 22.4. The van der Waals surface area contributed by atoms with Gasteiger partial charge in [-0.15, -0.1) is 0 Å². The van der Waals surface area contributed by atoms with Crippen LogP contribution in [0.2, 0.25) is 5.02 Å². The van der Waals surface area contributed by atoms with Crippen LogP contribution in [-0.2, 0) is 11.2 Å². The largest absolute Gasteiger partial charge is 0.346 e. The number of fused-ring (bicyclic) bond motifs is 1. The van der Waals surface area contributed by atoms with E-state index in [9.17, 15) is 4.79 Å². The molecule has 33 heavy (non-hydrogen) atoms. The summed E-state index contributed by atoms with van der Waals surface area (Å²) in [6.07, 6.45) is 7.80. The average Bonchev–Trinajstić information content (AvgIpc) is 3.11. The van der Waals surface area contributed by atoms with Gasteiger partial charge in [-0.25, -0.2) is 4.58 Å². The summed E-state index contributed by atoms with van der Waals surface area (Å²) in [5, 5.41) is 7.37. The molecule has 0 saturated carbocycles. The fourth-order valence-corrected chi connectivity index (χ4v) is 5.20. The molecule has 7 heteroatoms. The molecule has 0 atom stereocenters. The van der Waals surface area contributed by atoms with Gasteiger partial charge < -0.3 is 15.5 Å². The van der Waals surface area contributed by atoms with Crippen molar-refractivity contribution in [2.45, 2.75) is 51.0 Å². The highest BCUT2D eigenvalue weighted by atomic mass is 35.5. The van der Waals surface area contributed by atoms with E-state index in [0.29, 0.717) is 0 Å². The number of aromatic nitrogens is 1. The zero-order valence-corrected chi connectivity index (χ0v) is 19.9. The topological polar surface area (TPSA) is 60.3 Å². The molecule has 3 aliphatic rings. The molecule has 5 rings (SSSR count). The molecule has 0 unspecified atom stereocenters. The Kier molecular flexibility index (Phi) is 6.93. The van der Waals surface area contributed by atoms with Crippen LogP contribution in [0.4, 0.5) is 11.6 Å².